The number of carbonyl (C=O) groups excluding carboxylic acids is 2. The van der Waals surface area contributed by atoms with E-state index in [-0.39, 0.29) is 30.8 Å². The normalized spacial score (nSPS) is 27.2. The predicted octanol–water partition coefficient (Wildman–Crippen LogP) is 2.66. The van der Waals surface area contributed by atoms with Gasteiger partial charge in [-0.1, -0.05) is 12.1 Å². The molecule has 4 rings (SSSR count). The van der Waals surface area contributed by atoms with E-state index >= 15 is 0 Å². The minimum atomic E-state index is -4.43. The van der Waals surface area contributed by atoms with Crippen molar-refractivity contribution in [1.29, 1.82) is 5.26 Å². The number of alkyl halides is 3. The monoisotopic (exact) mass is 526 g/mol. The van der Waals surface area contributed by atoms with E-state index in [4.69, 9.17) is 5.26 Å². The number of nitrogens with one attached hydrogen (secondary N) is 1. The summed E-state index contributed by atoms with van der Waals surface area (Å²) in [6, 6.07) is 5.92. The highest BCUT2D eigenvalue weighted by molar-refractivity contribution is 7.89. The molecule has 1 aromatic rings. The topological polar surface area (TPSA) is 111 Å². The van der Waals surface area contributed by atoms with E-state index in [9.17, 15) is 31.2 Å². The summed E-state index contributed by atoms with van der Waals surface area (Å²) in [5, 5.41) is 11.1. The third-order valence-electron chi connectivity index (χ3n) is 7.38. The van der Waals surface area contributed by atoms with E-state index in [2.05, 4.69) is 11.4 Å². The van der Waals surface area contributed by atoms with Gasteiger partial charge in [-0.3, -0.25) is 9.59 Å². The van der Waals surface area contributed by atoms with Crippen molar-refractivity contribution < 1.29 is 31.2 Å². The molecule has 0 unspecified atom stereocenters. The van der Waals surface area contributed by atoms with Crippen LogP contribution in [0.1, 0.15) is 49.7 Å². The largest absolute Gasteiger partial charge is 0.416 e. The molecule has 3 aliphatic rings. The quantitative estimate of drug-likeness (QED) is 0.613. The molecule has 1 aliphatic carbocycles. The first-order valence-corrected chi connectivity index (χ1v) is 13.6. The number of sulfonamides is 1. The Balaban J connectivity index is 1.34. The van der Waals surface area contributed by atoms with Crippen LogP contribution in [-0.2, 0) is 32.3 Å². The lowest BCUT2D eigenvalue weighted by molar-refractivity contribution is -0.142. The van der Waals surface area contributed by atoms with E-state index in [0.717, 1.165) is 12.1 Å². The van der Waals surface area contributed by atoms with Gasteiger partial charge in [0.25, 0.3) is 0 Å². The van der Waals surface area contributed by atoms with Gasteiger partial charge in [-0.25, -0.2) is 12.7 Å². The molecule has 0 radical (unpaired) electrons. The van der Waals surface area contributed by atoms with Crippen LogP contribution in [-0.4, -0.2) is 60.4 Å². The van der Waals surface area contributed by atoms with Crippen molar-refractivity contribution in [2.45, 2.75) is 62.5 Å². The summed E-state index contributed by atoms with van der Waals surface area (Å²) in [5.74, 6) is -1.40. The van der Waals surface area contributed by atoms with Gasteiger partial charge in [0.2, 0.25) is 21.8 Å². The summed E-state index contributed by atoms with van der Waals surface area (Å²) in [7, 11) is -3.58. The first-order valence-electron chi connectivity index (χ1n) is 12.1. The van der Waals surface area contributed by atoms with Gasteiger partial charge in [-0.15, -0.1) is 0 Å². The number of likely N-dealkylation sites (tertiary alicyclic amines) is 1. The second-order valence-electron chi connectivity index (χ2n) is 9.76. The van der Waals surface area contributed by atoms with Gasteiger partial charge < -0.3 is 10.2 Å². The Morgan fingerprint density at radius 1 is 1.08 bits per heavy atom. The van der Waals surface area contributed by atoms with Crippen molar-refractivity contribution >= 4 is 21.8 Å². The summed E-state index contributed by atoms with van der Waals surface area (Å²) in [6.45, 7) is 0.852. The summed E-state index contributed by atoms with van der Waals surface area (Å²) < 4.78 is 65.5. The van der Waals surface area contributed by atoms with E-state index < -0.39 is 39.0 Å². The Morgan fingerprint density at radius 3 is 2.39 bits per heavy atom. The number of halogens is 3. The summed E-state index contributed by atoms with van der Waals surface area (Å²) in [5.41, 5.74) is -0.258. The zero-order chi connectivity index (χ0) is 26.1. The zero-order valence-corrected chi connectivity index (χ0v) is 20.5. The Hall–Kier alpha value is -2.65. The van der Waals surface area contributed by atoms with E-state index in [1.807, 2.05) is 0 Å². The molecular formula is C24H29F3N4O4S. The van der Waals surface area contributed by atoms with Crippen molar-refractivity contribution in [3.8, 4) is 6.07 Å². The first kappa shape index (κ1) is 26.4. The molecule has 2 amide bonds. The van der Waals surface area contributed by atoms with E-state index in [1.165, 1.54) is 21.3 Å². The molecule has 36 heavy (non-hydrogen) atoms. The molecule has 196 valence electrons. The standard InChI is InChI=1S/C24H29F3N4O4S/c25-24(26,27)19-7-5-16(6-8-19)14-29-22(32)21-4-2-10-31(21)23(33)18-3-1-9-30(15-18)36(34,35)20-11-17(12-20)13-28/h5-8,17-18,20-21H,1-4,9-12,14-15H2,(H,29,32)/t17-,18-,20-,21+/m0/s1. The van der Waals surface area contributed by atoms with Gasteiger partial charge in [-0.2, -0.15) is 18.4 Å². The zero-order valence-electron chi connectivity index (χ0n) is 19.7. The molecule has 1 aromatic carbocycles. The van der Waals surface area contributed by atoms with Crippen LogP contribution in [0.2, 0.25) is 0 Å². The Kier molecular flexibility index (Phi) is 7.61. The van der Waals surface area contributed by atoms with Crippen LogP contribution in [0.25, 0.3) is 0 Å². The minimum Gasteiger partial charge on any atom is -0.350 e. The van der Waals surface area contributed by atoms with Crippen LogP contribution < -0.4 is 5.32 Å². The van der Waals surface area contributed by atoms with Gasteiger partial charge in [0.15, 0.2) is 0 Å². The maximum atomic E-state index is 13.3. The highest BCUT2D eigenvalue weighted by Crippen LogP contribution is 2.36. The number of nitrogens with zero attached hydrogens (tertiary/aromatic N) is 3. The van der Waals surface area contributed by atoms with Crippen molar-refractivity contribution in [1.82, 2.24) is 14.5 Å². The van der Waals surface area contributed by atoms with Crippen LogP contribution in [0.4, 0.5) is 13.2 Å². The molecule has 1 N–H and O–H groups in total. The highest BCUT2D eigenvalue weighted by atomic mass is 32.2. The fraction of sp³-hybridized carbons (Fsp3) is 0.625. The number of benzene rings is 1. The van der Waals surface area contributed by atoms with Crippen molar-refractivity contribution in [2.75, 3.05) is 19.6 Å². The van der Waals surface area contributed by atoms with Gasteiger partial charge in [-0.05, 0) is 56.2 Å². The first-order chi connectivity index (χ1) is 17.0. The molecule has 8 nitrogen and oxygen atoms in total. The van der Waals surface area contributed by atoms with Gasteiger partial charge in [0, 0.05) is 32.1 Å². The molecule has 2 atom stereocenters. The van der Waals surface area contributed by atoms with Crippen LogP contribution >= 0.6 is 0 Å². The summed E-state index contributed by atoms with van der Waals surface area (Å²) in [4.78, 5) is 27.7. The van der Waals surface area contributed by atoms with Crippen LogP contribution in [0.5, 0.6) is 0 Å². The van der Waals surface area contributed by atoms with Crippen molar-refractivity contribution in [2.24, 2.45) is 11.8 Å². The SMILES string of the molecule is N#C[C@H]1C[C@H](S(=O)(=O)N2CCC[C@H](C(=O)N3CCC[C@@H]3C(=O)NCc3ccc(C(F)(F)F)cc3)C2)C1. The maximum Gasteiger partial charge on any atom is 0.416 e. The van der Waals surface area contributed by atoms with Crippen LogP contribution in [0.3, 0.4) is 0 Å². The fourth-order valence-corrected chi connectivity index (χ4v) is 7.30. The number of hydrogen-bond acceptors (Lipinski definition) is 5. The Morgan fingerprint density at radius 2 is 1.75 bits per heavy atom. The summed E-state index contributed by atoms with van der Waals surface area (Å²) >= 11 is 0. The van der Waals surface area contributed by atoms with Gasteiger partial charge in [0.05, 0.1) is 22.8 Å². The number of rotatable bonds is 6. The summed E-state index contributed by atoms with van der Waals surface area (Å²) in [6.07, 6.45) is -1.61. The molecule has 0 bridgehead atoms. The third kappa shape index (κ3) is 5.52. The second kappa shape index (κ2) is 10.4. The second-order valence-corrected chi connectivity index (χ2v) is 12.0. The van der Waals surface area contributed by atoms with E-state index in [0.29, 0.717) is 57.2 Å². The minimum absolute atomic E-state index is 0.0377. The van der Waals surface area contributed by atoms with E-state index in [1.54, 1.807) is 0 Å². The number of nitriles is 1. The number of piperidine rings is 1. The third-order valence-corrected chi connectivity index (χ3v) is 9.66. The maximum absolute atomic E-state index is 13.3. The fourth-order valence-electron chi connectivity index (χ4n) is 5.16. The van der Waals surface area contributed by atoms with Crippen molar-refractivity contribution in [3.05, 3.63) is 35.4 Å². The molecule has 0 spiro atoms. The van der Waals surface area contributed by atoms with Crippen LogP contribution in [0, 0.1) is 23.2 Å². The highest BCUT2D eigenvalue weighted by Gasteiger charge is 2.45. The molecule has 12 heteroatoms. The lowest BCUT2D eigenvalue weighted by Crippen LogP contribution is -2.53. The Bertz CT molecular complexity index is 1130. The predicted molar refractivity (Wildman–Crippen MR) is 123 cm³/mol. The molecule has 2 aliphatic heterocycles. The number of hydrogen-bond donors (Lipinski definition) is 1. The molecule has 3 fully saturated rings. The average Bonchev–Trinajstić information content (AvgIpc) is 3.31. The average molecular weight is 527 g/mol. The molecular weight excluding hydrogens is 497 g/mol. The lowest BCUT2D eigenvalue weighted by Gasteiger charge is -2.39. The van der Waals surface area contributed by atoms with Gasteiger partial charge >= 0.3 is 6.18 Å². The number of amides is 2. The van der Waals surface area contributed by atoms with Crippen molar-refractivity contribution in [3.63, 3.8) is 0 Å². The lowest BCUT2D eigenvalue weighted by atomic mass is 9.86. The molecule has 2 saturated heterocycles. The smallest absolute Gasteiger partial charge is 0.350 e. The molecule has 2 heterocycles. The van der Waals surface area contributed by atoms with Crippen LogP contribution in [0.15, 0.2) is 24.3 Å². The Labute approximate surface area is 208 Å². The van der Waals surface area contributed by atoms with Gasteiger partial charge in [0.1, 0.15) is 6.04 Å². The molecule has 1 saturated carbocycles. The molecule has 0 aromatic heterocycles. The number of carbonyl (C=O) groups is 2.